The van der Waals surface area contributed by atoms with E-state index in [-0.39, 0.29) is 21.7 Å². The van der Waals surface area contributed by atoms with Gasteiger partial charge in [-0.05, 0) is 212 Å². The van der Waals surface area contributed by atoms with Crippen molar-refractivity contribution < 1.29 is 17.6 Å². The molecule has 4 heteroatoms. The Morgan fingerprint density at radius 2 is 0.500 bits per heavy atom. The number of benzene rings is 11. The van der Waals surface area contributed by atoms with E-state index < -0.39 is 23.3 Å². The van der Waals surface area contributed by atoms with E-state index in [0.29, 0.717) is 22.3 Å². The van der Waals surface area contributed by atoms with Crippen molar-refractivity contribution in [3.8, 4) is 89.0 Å². The SMILES string of the molecule is CC(C)(C)c1cc(-c2c3c(c(-c4cc(C(C)(C)C)cc(C(C)(C)C)c4)c4ccccc24)-c2ccc4c5c(ccc-3c25)-c2c-4c(-c3cc(F)cc(F)c3)c3cc4ccccc4cc3c2-c2cc(F)cc(F)c2)cc(C(C)(C)C)c1. The van der Waals surface area contributed by atoms with Gasteiger partial charge in [0.05, 0.1) is 0 Å². The molecule has 0 bridgehead atoms. The Balaban J connectivity index is 1.24. The Morgan fingerprint density at radius 1 is 0.244 bits per heavy atom. The zero-order valence-electron chi connectivity index (χ0n) is 46.5. The van der Waals surface area contributed by atoms with Crippen LogP contribution < -0.4 is 0 Å². The Kier molecular flexibility index (Phi) is 10.7. The lowest BCUT2D eigenvalue weighted by molar-refractivity contribution is 0.568. The van der Waals surface area contributed by atoms with Crippen molar-refractivity contribution in [1.82, 2.24) is 0 Å². The first-order chi connectivity index (χ1) is 36.8. The van der Waals surface area contributed by atoms with Crippen molar-refractivity contribution in [2.45, 2.75) is 105 Å². The molecule has 0 amide bonds. The van der Waals surface area contributed by atoms with Gasteiger partial charge in [-0.15, -0.1) is 0 Å². The van der Waals surface area contributed by atoms with E-state index >= 15 is 17.6 Å². The average Bonchev–Trinajstić information content (AvgIpc) is 3.15. The van der Waals surface area contributed by atoms with Gasteiger partial charge in [0, 0.05) is 12.1 Å². The third kappa shape index (κ3) is 7.68. The summed E-state index contributed by atoms with van der Waals surface area (Å²) in [4.78, 5) is 0. The first-order valence-electron chi connectivity index (χ1n) is 27.3. The van der Waals surface area contributed by atoms with Gasteiger partial charge in [-0.2, -0.15) is 0 Å². The zero-order valence-corrected chi connectivity index (χ0v) is 46.5. The zero-order chi connectivity index (χ0) is 54.9. The molecule has 13 rings (SSSR count). The highest BCUT2D eigenvalue weighted by Crippen LogP contribution is 2.65. The fraction of sp³-hybridized carbons (Fsp3) is 0.216. The van der Waals surface area contributed by atoms with Gasteiger partial charge < -0.3 is 0 Å². The van der Waals surface area contributed by atoms with E-state index in [1.54, 1.807) is 0 Å². The second-order valence-corrected chi connectivity index (χ2v) is 26.3. The van der Waals surface area contributed by atoms with E-state index in [9.17, 15) is 0 Å². The second-order valence-electron chi connectivity index (χ2n) is 26.3. The van der Waals surface area contributed by atoms with Gasteiger partial charge in [-0.1, -0.05) is 192 Å². The summed E-state index contributed by atoms with van der Waals surface area (Å²) < 4.78 is 63.3. The number of halogens is 4. The quantitative estimate of drug-likeness (QED) is 0.122. The van der Waals surface area contributed by atoms with Crippen molar-refractivity contribution in [2.24, 2.45) is 0 Å². The largest absolute Gasteiger partial charge is 0.207 e. The fourth-order valence-corrected chi connectivity index (χ4v) is 12.9. The van der Waals surface area contributed by atoms with Crippen LogP contribution in [0.1, 0.15) is 105 Å². The van der Waals surface area contributed by atoms with Gasteiger partial charge >= 0.3 is 0 Å². The maximum Gasteiger partial charge on any atom is 0.126 e. The molecule has 0 spiro atoms. The molecule has 0 aromatic heterocycles. The summed E-state index contributed by atoms with van der Waals surface area (Å²) in [6.07, 6.45) is 0. The highest BCUT2D eigenvalue weighted by atomic mass is 19.1. The molecule has 0 nitrogen and oxygen atoms in total. The van der Waals surface area contributed by atoms with Gasteiger partial charge in [0.15, 0.2) is 0 Å². The monoisotopic (exact) mass is 1030 g/mol. The van der Waals surface area contributed by atoms with Crippen LogP contribution in [0.4, 0.5) is 17.6 Å². The summed E-state index contributed by atoms with van der Waals surface area (Å²) in [6, 6.07) is 51.8. The van der Waals surface area contributed by atoms with Crippen molar-refractivity contribution in [2.75, 3.05) is 0 Å². The van der Waals surface area contributed by atoms with E-state index in [0.717, 1.165) is 122 Å². The predicted molar refractivity (Wildman–Crippen MR) is 322 cm³/mol. The Labute approximate surface area is 455 Å². The summed E-state index contributed by atoms with van der Waals surface area (Å²) in [7, 11) is 0. The van der Waals surface area contributed by atoms with E-state index in [4.69, 9.17) is 0 Å². The lowest BCUT2D eigenvalue weighted by atomic mass is 9.75. The molecule has 0 aliphatic heterocycles. The van der Waals surface area contributed by atoms with Crippen LogP contribution in [0.15, 0.2) is 158 Å². The smallest absolute Gasteiger partial charge is 0.126 e. The molecule has 0 saturated heterocycles. The van der Waals surface area contributed by atoms with Crippen molar-refractivity contribution in [1.29, 1.82) is 0 Å². The van der Waals surface area contributed by atoms with Gasteiger partial charge in [0.25, 0.3) is 0 Å². The summed E-state index contributed by atoms with van der Waals surface area (Å²) in [5.41, 5.74) is 18.9. The minimum atomic E-state index is -0.696. The van der Waals surface area contributed by atoms with Crippen molar-refractivity contribution in [3.05, 3.63) is 203 Å². The highest BCUT2D eigenvalue weighted by molar-refractivity contribution is 6.35. The third-order valence-electron chi connectivity index (χ3n) is 16.8. The van der Waals surface area contributed by atoms with Crippen LogP contribution in [0.2, 0.25) is 0 Å². The van der Waals surface area contributed by atoms with Crippen LogP contribution >= 0.6 is 0 Å². The molecular weight excluding hydrogens is 965 g/mol. The van der Waals surface area contributed by atoms with Gasteiger partial charge in [0.1, 0.15) is 23.3 Å². The van der Waals surface area contributed by atoms with E-state index in [1.807, 2.05) is 24.3 Å². The topological polar surface area (TPSA) is 0 Å². The Morgan fingerprint density at radius 3 is 0.782 bits per heavy atom. The van der Waals surface area contributed by atoms with Crippen LogP contribution in [0.25, 0.3) is 132 Å². The van der Waals surface area contributed by atoms with Crippen LogP contribution in [0.5, 0.6) is 0 Å². The number of hydrogen-bond acceptors (Lipinski definition) is 0. The molecule has 386 valence electrons. The van der Waals surface area contributed by atoms with Crippen LogP contribution in [-0.4, -0.2) is 0 Å². The second kappa shape index (κ2) is 16.8. The van der Waals surface area contributed by atoms with Crippen molar-refractivity contribution in [3.63, 3.8) is 0 Å². The lowest BCUT2D eigenvalue weighted by Gasteiger charge is -2.29. The molecule has 0 N–H and O–H groups in total. The number of fused-ring (bicyclic) bond motifs is 9. The summed E-state index contributed by atoms with van der Waals surface area (Å²) >= 11 is 0. The molecule has 2 aliphatic carbocycles. The van der Waals surface area contributed by atoms with E-state index in [1.165, 1.54) is 46.5 Å². The maximum atomic E-state index is 15.8. The fourth-order valence-electron chi connectivity index (χ4n) is 12.9. The van der Waals surface area contributed by atoms with Gasteiger partial charge in [-0.25, -0.2) is 17.6 Å². The molecule has 0 atom stereocenters. The summed E-state index contributed by atoms with van der Waals surface area (Å²) in [5.74, 6) is -2.79. The predicted octanol–water partition coefficient (Wildman–Crippen LogP) is 22.0. The minimum Gasteiger partial charge on any atom is -0.207 e. The van der Waals surface area contributed by atoms with Crippen LogP contribution in [-0.2, 0) is 21.7 Å². The first-order valence-corrected chi connectivity index (χ1v) is 27.3. The first kappa shape index (κ1) is 49.7. The Bertz CT molecular complexity index is 4060. The number of rotatable bonds is 4. The molecule has 0 fully saturated rings. The summed E-state index contributed by atoms with van der Waals surface area (Å²) in [5, 5.41) is 7.66. The number of hydrogen-bond donors (Lipinski definition) is 0. The normalized spacial score (nSPS) is 13.1. The molecule has 0 unspecified atom stereocenters. The molecule has 11 aromatic carbocycles. The molecule has 0 heterocycles. The van der Waals surface area contributed by atoms with Gasteiger partial charge in [-0.3, -0.25) is 0 Å². The minimum absolute atomic E-state index is 0.150. The van der Waals surface area contributed by atoms with Crippen LogP contribution in [0, 0.1) is 23.3 Å². The molecule has 0 saturated carbocycles. The molecule has 11 aromatic rings. The third-order valence-corrected chi connectivity index (χ3v) is 16.8. The average molecular weight is 1030 g/mol. The van der Waals surface area contributed by atoms with Crippen molar-refractivity contribution >= 4 is 43.1 Å². The molecule has 2 aliphatic rings. The van der Waals surface area contributed by atoms with E-state index in [2.05, 4.69) is 180 Å². The van der Waals surface area contributed by atoms with Gasteiger partial charge in [0.2, 0.25) is 0 Å². The maximum absolute atomic E-state index is 15.8. The standard InChI is InChI=1S/C74H62F4/c1-71(2,3)45-25-41(26-46(35-45)72(4,5)6)61-53-19-15-16-20-54(53)62(42-27-47(73(7,8)9)36-48(28-42)74(10,11)12)68-56-22-24-58-66-57(23-21-55(65(56)66)67(61)68)69-63(43-29-49(75)37-50(76)30-43)59-33-39-17-13-14-18-40(39)34-60(59)64(70(58)69)44-31-51(77)38-52(78)32-44/h13-38H,1-12H3. The lowest BCUT2D eigenvalue weighted by Crippen LogP contribution is -2.17. The van der Waals surface area contributed by atoms with Crippen LogP contribution in [0.3, 0.4) is 0 Å². The Hall–Kier alpha value is -7.82. The summed E-state index contributed by atoms with van der Waals surface area (Å²) in [6.45, 7) is 27.5. The molecule has 78 heavy (non-hydrogen) atoms. The molecule has 0 radical (unpaired) electrons. The molecular formula is C74H62F4. The highest BCUT2D eigenvalue weighted by Gasteiger charge is 2.38.